The number of fused-ring (bicyclic) bond motifs is 14. The molecule has 6 aromatic carbocycles. The van der Waals surface area contributed by atoms with Crippen molar-refractivity contribution in [2.45, 2.75) is 0 Å². The summed E-state index contributed by atoms with van der Waals surface area (Å²) in [7, 11) is 0. The highest BCUT2D eigenvalue weighted by Crippen LogP contribution is 2.45. The van der Waals surface area contributed by atoms with E-state index in [4.69, 9.17) is 0 Å². The van der Waals surface area contributed by atoms with Crippen molar-refractivity contribution in [3.8, 4) is 0 Å². The highest BCUT2D eigenvalue weighted by Gasteiger charge is 2.19. The molecule has 8 rings (SSSR count). The largest absolute Gasteiger partial charge is 0.354 e. The second-order valence-electron chi connectivity index (χ2n) is 8.71. The number of benzene rings is 6. The third kappa shape index (κ3) is 1.91. The lowest BCUT2D eigenvalue weighted by molar-refractivity contribution is 1.56. The van der Waals surface area contributed by atoms with Crippen molar-refractivity contribution in [1.29, 1.82) is 0 Å². The van der Waals surface area contributed by atoms with E-state index in [2.05, 4.69) is 107 Å². The van der Waals surface area contributed by atoms with Crippen molar-refractivity contribution >= 4 is 75.9 Å². The molecule has 0 radical (unpaired) electrons. The van der Waals surface area contributed by atoms with Gasteiger partial charge in [0.2, 0.25) is 0 Å². The Kier molecular flexibility index (Phi) is 2.91. The van der Waals surface area contributed by atoms with Crippen molar-refractivity contribution in [2.24, 2.45) is 0 Å². The topological polar surface area (TPSA) is 31.6 Å². The quantitative estimate of drug-likeness (QED) is 0.253. The molecule has 0 aliphatic carbocycles. The van der Waals surface area contributed by atoms with Crippen LogP contribution in [-0.2, 0) is 0 Å². The SMILES string of the molecule is c1ccc2c(c1)ccc1[nH]c3c4ccccc4c4[nH]c5ccc6ccccc6c5c4c3c12. The molecule has 2 heterocycles. The van der Waals surface area contributed by atoms with E-state index >= 15 is 0 Å². The Hall–Kier alpha value is -4.30. The van der Waals surface area contributed by atoms with Gasteiger partial charge in [-0.25, -0.2) is 0 Å². The van der Waals surface area contributed by atoms with Gasteiger partial charge in [-0.05, 0) is 33.7 Å². The fourth-order valence-electron chi connectivity index (χ4n) is 5.76. The number of aromatic nitrogens is 2. The zero-order valence-electron chi connectivity index (χ0n) is 17.2. The molecule has 2 aromatic heterocycles. The van der Waals surface area contributed by atoms with E-state index < -0.39 is 0 Å². The van der Waals surface area contributed by atoms with E-state index in [0.29, 0.717) is 0 Å². The maximum atomic E-state index is 3.79. The van der Waals surface area contributed by atoms with Gasteiger partial charge in [0.25, 0.3) is 0 Å². The Bertz CT molecular complexity index is 1890. The summed E-state index contributed by atoms with van der Waals surface area (Å²) in [6.07, 6.45) is 0. The van der Waals surface area contributed by atoms with E-state index in [1.54, 1.807) is 0 Å². The van der Waals surface area contributed by atoms with E-state index in [1.165, 1.54) is 75.9 Å². The van der Waals surface area contributed by atoms with Crippen LogP contribution in [0.2, 0.25) is 0 Å². The van der Waals surface area contributed by atoms with Crippen LogP contribution in [-0.4, -0.2) is 9.97 Å². The number of aromatic amines is 2. The van der Waals surface area contributed by atoms with Gasteiger partial charge in [0.05, 0.1) is 11.0 Å². The molecule has 0 spiro atoms. The van der Waals surface area contributed by atoms with Crippen LogP contribution in [0.1, 0.15) is 0 Å². The van der Waals surface area contributed by atoms with Gasteiger partial charge in [-0.15, -0.1) is 0 Å². The zero-order valence-corrected chi connectivity index (χ0v) is 17.2. The van der Waals surface area contributed by atoms with Crippen LogP contribution < -0.4 is 0 Å². The molecular formula is C30H18N2. The van der Waals surface area contributed by atoms with Crippen LogP contribution in [0.25, 0.3) is 75.9 Å². The van der Waals surface area contributed by atoms with Crippen LogP contribution in [0.5, 0.6) is 0 Å². The smallest absolute Gasteiger partial charge is 0.0552 e. The van der Waals surface area contributed by atoms with Gasteiger partial charge in [0.1, 0.15) is 0 Å². The average Bonchev–Trinajstić information content (AvgIpc) is 3.43. The fraction of sp³-hybridized carbons (Fsp3) is 0. The Morgan fingerprint density at radius 2 is 0.750 bits per heavy atom. The minimum atomic E-state index is 1.19. The molecule has 0 unspecified atom stereocenters. The summed E-state index contributed by atoms with van der Waals surface area (Å²) < 4.78 is 0. The van der Waals surface area contributed by atoms with E-state index in [9.17, 15) is 0 Å². The van der Waals surface area contributed by atoms with Crippen LogP contribution >= 0.6 is 0 Å². The second kappa shape index (κ2) is 5.68. The molecule has 0 saturated heterocycles. The van der Waals surface area contributed by atoms with Crippen LogP contribution in [0.15, 0.2) is 97.1 Å². The first kappa shape index (κ1) is 16.4. The van der Waals surface area contributed by atoms with Gasteiger partial charge in [-0.3, -0.25) is 0 Å². The van der Waals surface area contributed by atoms with E-state index in [-0.39, 0.29) is 0 Å². The van der Waals surface area contributed by atoms with Gasteiger partial charge in [-0.2, -0.15) is 0 Å². The summed E-state index contributed by atoms with van der Waals surface area (Å²) >= 11 is 0. The summed E-state index contributed by atoms with van der Waals surface area (Å²) in [6.45, 7) is 0. The molecule has 0 fully saturated rings. The first-order chi connectivity index (χ1) is 15.9. The molecule has 0 amide bonds. The first-order valence-electron chi connectivity index (χ1n) is 11.1. The Morgan fingerprint density at radius 3 is 1.22 bits per heavy atom. The molecule has 0 aliphatic rings. The minimum absolute atomic E-state index is 1.19. The number of hydrogen-bond donors (Lipinski definition) is 2. The van der Waals surface area contributed by atoms with Crippen LogP contribution in [0.3, 0.4) is 0 Å². The van der Waals surface area contributed by atoms with Crippen LogP contribution in [0, 0.1) is 0 Å². The average molecular weight is 406 g/mol. The second-order valence-corrected chi connectivity index (χ2v) is 8.71. The molecule has 32 heavy (non-hydrogen) atoms. The molecule has 0 aliphatic heterocycles. The third-order valence-electron chi connectivity index (χ3n) is 7.09. The summed E-state index contributed by atoms with van der Waals surface area (Å²) in [5.74, 6) is 0. The Morgan fingerprint density at radius 1 is 0.344 bits per heavy atom. The van der Waals surface area contributed by atoms with Crippen molar-refractivity contribution in [3.05, 3.63) is 97.1 Å². The number of H-pyrrole nitrogens is 2. The third-order valence-corrected chi connectivity index (χ3v) is 7.09. The van der Waals surface area contributed by atoms with Gasteiger partial charge in [-0.1, -0.05) is 84.9 Å². The van der Waals surface area contributed by atoms with Gasteiger partial charge < -0.3 is 9.97 Å². The molecule has 0 saturated carbocycles. The number of rotatable bonds is 0. The summed E-state index contributed by atoms with van der Waals surface area (Å²) in [4.78, 5) is 7.59. The van der Waals surface area contributed by atoms with E-state index in [1.807, 2.05) is 0 Å². The van der Waals surface area contributed by atoms with Crippen molar-refractivity contribution in [3.63, 3.8) is 0 Å². The Balaban J connectivity index is 1.82. The Labute approximate surface area is 183 Å². The zero-order chi connectivity index (χ0) is 20.8. The summed E-state index contributed by atoms with van der Waals surface area (Å²) in [5, 5.41) is 12.9. The molecular weight excluding hydrogens is 388 g/mol. The highest BCUT2D eigenvalue weighted by atomic mass is 14.7. The first-order valence-corrected chi connectivity index (χ1v) is 11.1. The molecule has 2 N–H and O–H groups in total. The molecule has 2 nitrogen and oxygen atoms in total. The lowest BCUT2D eigenvalue weighted by atomic mass is 9.95. The van der Waals surface area contributed by atoms with Crippen molar-refractivity contribution in [1.82, 2.24) is 9.97 Å². The molecule has 0 bridgehead atoms. The van der Waals surface area contributed by atoms with Crippen LogP contribution in [0.4, 0.5) is 0 Å². The monoisotopic (exact) mass is 406 g/mol. The predicted molar refractivity (Wildman–Crippen MR) is 138 cm³/mol. The molecule has 2 heteroatoms. The van der Waals surface area contributed by atoms with E-state index in [0.717, 1.165) is 0 Å². The predicted octanol–water partition coefficient (Wildman–Crippen LogP) is 8.42. The molecule has 8 aromatic rings. The standard InChI is InChI=1S/C30H18N2/c1-3-9-19-17(7-1)13-15-23-25(19)27-28-26-20-10-4-2-8-18(20)14-16-24(26)32-30(28)22-12-6-5-11-21(22)29(27)31-23/h1-16,31-32H. The maximum absolute atomic E-state index is 3.79. The normalized spacial score (nSPS) is 12.4. The minimum Gasteiger partial charge on any atom is -0.354 e. The van der Waals surface area contributed by atoms with Gasteiger partial charge >= 0.3 is 0 Å². The number of hydrogen-bond acceptors (Lipinski definition) is 0. The van der Waals surface area contributed by atoms with Gasteiger partial charge in [0, 0.05) is 43.4 Å². The van der Waals surface area contributed by atoms with Crippen molar-refractivity contribution < 1.29 is 0 Å². The lowest BCUT2D eigenvalue weighted by Crippen LogP contribution is -1.80. The number of nitrogens with one attached hydrogen (secondary N) is 2. The molecule has 0 atom stereocenters. The summed E-state index contributed by atoms with van der Waals surface area (Å²) in [5.41, 5.74) is 4.80. The van der Waals surface area contributed by atoms with Crippen molar-refractivity contribution in [2.75, 3.05) is 0 Å². The maximum Gasteiger partial charge on any atom is 0.0552 e. The fourth-order valence-corrected chi connectivity index (χ4v) is 5.76. The molecule has 148 valence electrons. The highest BCUT2D eigenvalue weighted by molar-refractivity contribution is 6.41. The van der Waals surface area contributed by atoms with Gasteiger partial charge in [0.15, 0.2) is 0 Å². The lowest BCUT2D eigenvalue weighted by Gasteiger charge is -2.06. The summed E-state index contributed by atoms with van der Waals surface area (Å²) in [6, 6.07) is 35.1.